The van der Waals surface area contributed by atoms with Crippen molar-refractivity contribution in [1.82, 2.24) is 9.80 Å². The fraction of sp³-hybridized carbons (Fsp3) is 0.562. The molecule has 3 rings (SSSR count). The van der Waals surface area contributed by atoms with Crippen molar-refractivity contribution in [3.63, 3.8) is 0 Å². The van der Waals surface area contributed by atoms with Gasteiger partial charge in [-0.25, -0.2) is 0 Å². The molecule has 2 fully saturated rings. The molecule has 2 aliphatic heterocycles. The maximum absolute atomic E-state index is 12.6. The molecule has 2 N–H and O–H groups in total. The predicted octanol–water partition coefficient (Wildman–Crippen LogP) is 2.48. The van der Waals surface area contributed by atoms with Crippen LogP contribution in [0.25, 0.3) is 0 Å². The third-order valence-corrected chi connectivity index (χ3v) is 5.21. The predicted molar refractivity (Wildman–Crippen MR) is 85.5 cm³/mol. The monoisotopic (exact) mass is 307 g/mol. The van der Waals surface area contributed by atoms with E-state index in [1.165, 1.54) is 19.4 Å². The molecule has 1 amide bonds. The summed E-state index contributed by atoms with van der Waals surface area (Å²) >= 11 is 6.02. The average Bonchev–Trinajstić information content (AvgIpc) is 2.49. The molecule has 2 atom stereocenters. The Bertz CT molecular complexity index is 548. The summed E-state index contributed by atoms with van der Waals surface area (Å²) in [6, 6.07) is 5.79. The first-order chi connectivity index (χ1) is 10.1. The minimum absolute atomic E-state index is 0.0728. The highest BCUT2D eigenvalue weighted by Crippen LogP contribution is 2.30. The number of anilines is 1. The Labute approximate surface area is 130 Å². The van der Waals surface area contributed by atoms with Crippen molar-refractivity contribution in [3.8, 4) is 0 Å². The number of nitrogen functional groups attached to an aromatic ring is 1. The number of likely N-dealkylation sites (tertiary alicyclic amines) is 2. The van der Waals surface area contributed by atoms with Crippen LogP contribution in [0.5, 0.6) is 0 Å². The van der Waals surface area contributed by atoms with E-state index in [1.54, 1.807) is 18.2 Å². The zero-order valence-corrected chi connectivity index (χ0v) is 13.1. The molecule has 2 heterocycles. The van der Waals surface area contributed by atoms with Crippen molar-refractivity contribution in [2.75, 3.05) is 32.4 Å². The van der Waals surface area contributed by atoms with Crippen LogP contribution >= 0.6 is 11.6 Å². The molecule has 1 aromatic rings. The van der Waals surface area contributed by atoms with Crippen molar-refractivity contribution < 1.29 is 4.79 Å². The molecule has 5 heteroatoms. The van der Waals surface area contributed by atoms with Gasteiger partial charge in [0.15, 0.2) is 0 Å². The average molecular weight is 308 g/mol. The quantitative estimate of drug-likeness (QED) is 0.811. The number of nitrogens with two attached hydrogens (primary N) is 1. The lowest BCUT2D eigenvalue weighted by molar-refractivity contribution is 0.0317. The first kappa shape index (κ1) is 14.7. The highest BCUT2D eigenvalue weighted by atomic mass is 35.5. The zero-order chi connectivity index (χ0) is 15.0. The van der Waals surface area contributed by atoms with Crippen LogP contribution in [0, 0.1) is 5.92 Å². The molecule has 2 aliphatic rings. The number of nitrogens with zero attached hydrogens (tertiary/aromatic N) is 2. The van der Waals surface area contributed by atoms with Crippen LogP contribution in [-0.4, -0.2) is 48.4 Å². The second-order valence-electron chi connectivity index (χ2n) is 6.23. The van der Waals surface area contributed by atoms with Gasteiger partial charge in [-0.3, -0.25) is 4.79 Å². The molecule has 0 spiro atoms. The standard InChI is InChI=1S/C16H22ClN3O/c1-19-7-2-3-12-10-20(8-6-15(12)19)16(21)11-4-5-14(18)13(17)9-11/h4-5,9,12,15H,2-3,6-8,10,18H2,1H3. The highest BCUT2D eigenvalue weighted by Gasteiger charge is 2.35. The van der Waals surface area contributed by atoms with Gasteiger partial charge in [0.2, 0.25) is 0 Å². The summed E-state index contributed by atoms with van der Waals surface area (Å²) in [5, 5.41) is 0.452. The summed E-state index contributed by atoms with van der Waals surface area (Å²) in [5.41, 5.74) is 6.86. The number of carbonyl (C=O) groups is 1. The maximum Gasteiger partial charge on any atom is 0.253 e. The molecule has 0 aromatic heterocycles. The summed E-state index contributed by atoms with van der Waals surface area (Å²) < 4.78 is 0. The lowest BCUT2D eigenvalue weighted by Gasteiger charge is -2.46. The number of fused-ring (bicyclic) bond motifs is 1. The summed E-state index contributed by atoms with van der Waals surface area (Å²) in [4.78, 5) is 17.1. The normalized spacial score (nSPS) is 26.5. The van der Waals surface area contributed by atoms with Crippen LogP contribution in [-0.2, 0) is 0 Å². The number of rotatable bonds is 1. The van der Waals surface area contributed by atoms with E-state index in [0.29, 0.717) is 28.2 Å². The molecule has 1 aromatic carbocycles. The number of benzene rings is 1. The Morgan fingerprint density at radius 3 is 2.90 bits per heavy atom. The molecular formula is C16H22ClN3O. The third kappa shape index (κ3) is 2.87. The van der Waals surface area contributed by atoms with Crippen LogP contribution in [0.15, 0.2) is 18.2 Å². The molecule has 2 unspecified atom stereocenters. The van der Waals surface area contributed by atoms with E-state index in [-0.39, 0.29) is 5.91 Å². The number of piperidine rings is 2. The van der Waals surface area contributed by atoms with Gasteiger partial charge in [-0.05, 0) is 57.0 Å². The summed E-state index contributed by atoms with van der Waals surface area (Å²) in [6.07, 6.45) is 3.52. The van der Waals surface area contributed by atoms with E-state index in [0.717, 1.165) is 19.5 Å². The van der Waals surface area contributed by atoms with Gasteiger partial charge >= 0.3 is 0 Å². The Hall–Kier alpha value is -1.26. The maximum atomic E-state index is 12.6. The fourth-order valence-corrected chi connectivity index (χ4v) is 3.86. The lowest BCUT2D eigenvalue weighted by Crippen LogP contribution is -2.53. The Morgan fingerprint density at radius 1 is 1.33 bits per heavy atom. The minimum atomic E-state index is 0.0728. The molecule has 4 nitrogen and oxygen atoms in total. The van der Waals surface area contributed by atoms with Crippen LogP contribution < -0.4 is 5.73 Å². The van der Waals surface area contributed by atoms with Crippen LogP contribution in [0.1, 0.15) is 29.6 Å². The molecule has 0 aliphatic carbocycles. The molecule has 0 radical (unpaired) electrons. The van der Waals surface area contributed by atoms with E-state index in [4.69, 9.17) is 17.3 Å². The van der Waals surface area contributed by atoms with Gasteiger partial charge < -0.3 is 15.5 Å². The van der Waals surface area contributed by atoms with E-state index in [2.05, 4.69) is 11.9 Å². The van der Waals surface area contributed by atoms with Gasteiger partial charge in [-0.15, -0.1) is 0 Å². The first-order valence-corrected chi connectivity index (χ1v) is 7.98. The fourth-order valence-electron chi connectivity index (χ4n) is 3.68. The van der Waals surface area contributed by atoms with Gasteiger partial charge in [0.05, 0.1) is 10.7 Å². The molecule has 114 valence electrons. The van der Waals surface area contributed by atoms with Gasteiger partial charge in [-0.1, -0.05) is 11.6 Å². The number of halogens is 1. The molecule has 0 saturated carbocycles. The van der Waals surface area contributed by atoms with Crippen molar-refractivity contribution in [2.45, 2.75) is 25.3 Å². The Balaban J connectivity index is 1.72. The van der Waals surface area contributed by atoms with E-state index < -0.39 is 0 Å². The Kier molecular flexibility index (Phi) is 4.09. The third-order valence-electron chi connectivity index (χ3n) is 4.88. The molecule has 2 saturated heterocycles. The van der Waals surface area contributed by atoms with E-state index in [9.17, 15) is 4.79 Å². The molecule has 21 heavy (non-hydrogen) atoms. The van der Waals surface area contributed by atoms with Crippen molar-refractivity contribution >= 4 is 23.2 Å². The molecule has 0 bridgehead atoms. The smallest absolute Gasteiger partial charge is 0.253 e. The SMILES string of the molecule is CN1CCCC2CN(C(=O)c3ccc(N)c(Cl)c3)CCC21. The van der Waals surface area contributed by atoms with Gasteiger partial charge in [-0.2, -0.15) is 0 Å². The largest absolute Gasteiger partial charge is 0.398 e. The number of hydrogen-bond donors (Lipinski definition) is 1. The summed E-state index contributed by atoms with van der Waals surface area (Å²) in [7, 11) is 2.20. The van der Waals surface area contributed by atoms with Crippen LogP contribution in [0.4, 0.5) is 5.69 Å². The van der Waals surface area contributed by atoms with Gasteiger partial charge in [0.1, 0.15) is 0 Å². The lowest BCUT2D eigenvalue weighted by atomic mass is 9.84. The zero-order valence-electron chi connectivity index (χ0n) is 12.4. The topological polar surface area (TPSA) is 49.6 Å². The number of hydrogen-bond acceptors (Lipinski definition) is 3. The van der Waals surface area contributed by atoms with E-state index in [1.807, 2.05) is 4.90 Å². The van der Waals surface area contributed by atoms with Crippen molar-refractivity contribution in [3.05, 3.63) is 28.8 Å². The van der Waals surface area contributed by atoms with Gasteiger partial charge in [0.25, 0.3) is 5.91 Å². The Morgan fingerprint density at radius 2 is 2.14 bits per heavy atom. The van der Waals surface area contributed by atoms with E-state index >= 15 is 0 Å². The van der Waals surface area contributed by atoms with Crippen molar-refractivity contribution in [1.29, 1.82) is 0 Å². The molecular weight excluding hydrogens is 286 g/mol. The van der Waals surface area contributed by atoms with Gasteiger partial charge in [0, 0.05) is 24.7 Å². The van der Waals surface area contributed by atoms with Crippen LogP contribution in [0.3, 0.4) is 0 Å². The minimum Gasteiger partial charge on any atom is -0.398 e. The summed E-state index contributed by atoms with van der Waals surface area (Å²) in [6.45, 7) is 2.87. The summed E-state index contributed by atoms with van der Waals surface area (Å²) in [5.74, 6) is 0.675. The number of carbonyl (C=O) groups excluding carboxylic acids is 1. The van der Waals surface area contributed by atoms with Crippen LogP contribution in [0.2, 0.25) is 5.02 Å². The second kappa shape index (κ2) is 5.85. The first-order valence-electron chi connectivity index (χ1n) is 7.61. The highest BCUT2D eigenvalue weighted by molar-refractivity contribution is 6.33. The van der Waals surface area contributed by atoms with Crippen molar-refractivity contribution in [2.24, 2.45) is 5.92 Å². The second-order valence-corrected chi connectivity index (χ2v) is 6.63. The number of amides is 1.